The average molecular weight is 616 g/mol. The van der Waals surface area contributed by atoms with Crippen LogP contribution in [0.1, 0.15) is 49.9 Å². The van der Waals surface area contributed by atoms with E-state index in [1.54, 1.807) is 41.5 Å². The number of halogens is 4. The van der Waals surface area contributed by atoms with Gasteiger partial charge in [0.2, 0.25) is 0 Å². The number of hydrogen-bond donors (Lipinski definition) is 4. The van der Waals surface area contributed by atoms with E-state index in [2.05, 4.69) is 44.2 Å². The number of nitrogens with one attached hydrogen (secondary N) is 4. The number of nitrogens with zero attached hydrogens (tertiary/aromatic N) is 5. The quantitative estimate of drug-likeness (QED) is 0.149. The van der Waals surface area contributed by atoms with Crippen LogP contribution in [-0.2, 0) is 0 Å². The molecule has 4 aromatic rings. The summed E-state index contributed by atoms with van der Waals surface area (Å²) in [5.41, 5.74) is 7.14. The van der Waals surface area contributed by atoms with Crippen LogP contribution in [0.25, 0.3) is 21.8 Å². The van der Waals surface area contributed by atoms with Gasteiger partial charge in [0, 0.05) is 47.3 Å². The molecule has 0 saturated heterocycles. The summed E-state index contributed by atoms with van der Waals surface area (Å²) in [4.78, 5) is 8.50. The van der Waals surface area contributed by atoms with Gasteiger partial charge in [-0.3, -0.25) is 15.0 Å². The number of alkyl halides is 3. The number of allylic oxidation sites excluding steroid dienone is 1. The van der Waals surface area contributed by atoms with Crippen LogP contribution in [0, 0.1) is 33.9 Å². The molecule has 0 spiro atoms. The molecular weight excluding hydrogens is 586 g/mol. The molecule has 2 aromatic heterocycles. The second-order valence-corrected chi connectivity index (χ2v) is 11.2. The molecule has 4 N–H and O–H groups in total. The Labute approximate surface area is 256 Å². The van der Waals surface area contributed by atoms with Gasteiger partial charge in [-0.05, 0) is 50.1 Å². The monoisotopic (exact) mass is 615 g/mol. The lowest BCUT2D eigenvalue weighted by Crippen LogP contribution is -2.38. The van der Waals surface area contributed by atoms with Crippen molar-refractivity contribution in [3.63, 3.8) is 0 Å². The molecule has 9 nitrogen and oxygen atoms in total. The average Bonchev–Trinajstić information content (AvgIpc) is 3.52. The van der Waals surface area contributed by atoms with Crippen molar-refractivity contribution in [2.45, 2.75) is 39.4 Å². The molecule has 0 amide bonds. The van der Waals surface area contributed by atoms with E-state index < -0.39 is 30.0 Å². The Balaban J connectivity index is 1.66. The molecule has 5 rings (SSSR count). The topological polar surface area (TPSA) is 125 Å². The Bertz CT molecular complexity index is 1920. The molecule has 0 aliphatic carbocycles. The first-order chi connectivity index (χ1) is 21.4. The van der Waals surface area contributed by atoms with Gasteiger partial charge in [-0.2, -0.15) is 23.7 Å². The fourth-order valence-corrected chi connectivity index (χ4v) is 4.87. The number of pyridine rings is 2. The lowest BCUT2D eigenvalue weighted by Gasteiger charge is -2.29. The van der Waals surface area contributed by atoms with Crippen LogP contribution in [0.2, 0.25) is 0 Å². The van der Waals surface area contributed by atoms with E-state index in [1.807, 2.05) is 13.0 Å². The summed E-state index contributed by atoms with van der Waals surface area (Å²) in [5, 5.41) is 28.6. The largest absolute Gasteiger partial charge is 0.395 e. The second-order valence-electron chi connectivity index (χ2n) is 11.2. The van der Waals surface area contributed by atoms with Crippen LogP contribution in [0.5, 0.6) is 0 Å². The fraction of sp³-hybridized carbons (Fsp3) is 0.250. The summed E-state index contributed by atoms with van der Waals surface area (Å²) in [5.74, 6) is -0.495. The third-order valence-electron chi connectivity index (χ3n) is 7.71. The number of anilines is 2. The summed E-state index contributed by atoms with van der Waals surface area (Å²) >= 11 is 0. The molecule has 0 fully saturated rings. The van der Waals surface area contributed by atoms with Gasteiger partial charge in [-0.15, -0.1) is 5.53 Å². The van der Waals surface area contributed by atoms with Gasteiger partial charge in [0.1, 0.15) is 23.5 Å². The molecule has 13 heteroatoms. The molecule has 0 bridgehead atoms. The Hall–Kier alpha value is -5.40. The van der Waals surface area contributed by atoms with Gasteiger partial charge in [-0.25, -0.2) is 4.39 Å². The van der Waals surface area contributed by atoms with Crippen molar-refractivity contribution in [1.82, 2.24) is 25.9 Å². The van der Waals surface area contributed by atoms with Crippen molar-refractivity contribution in [1.29, 1.82) is 10.5 Å². The highest BCUT2D eigenvalue weighted by molar-refractivity contribution is 5.99. The van der Waals surface area contributed by atoms with Gasteiger partial charge >= 0.3 is 6.18 Å². The van der Waals surface area contributed by atoms with E-state index in [0.29, 0.717) is 28.8 Å². The van der Waals surface area contributed by atoms with Gasteiger partial charge in [0.15, 0.2) is 0 Å². The lowest BCUT2D eigenvalue weighted by atomic mass is 9.92. The zero-order valence-electron chi connectivity index (χ0n) is 24.6. The second kappa shape index (κ2) is 11.9. The summed E-state index contributed by atoms with van der Waals surface area (Å²) in [6.45, 7) is 7.59. The number of aromatic nitrogens is 2. The molecule has 3 heterocycles. The maximum absolute atomic E-state index is 14.8. The lowest BCUT2D eigenvalue weighted by molar-refractivity contribution is -0.206. The van der Waals surface area contributed by atoms with Crippen molar-refractivity contribution in [2.75, 3.05) is 17.2 Å². The zero-order valence-corrected chi connectivity index (χ0v) is 24.6. The molecule has 0 saturated carbocycles. The van der Waals surface area contributed by atoms with E-state index >= 15 is 0 Å². The third kappa shape index (κ3) is 5.90. The molecule has 230 valence electrons. The molecule has 0 unspecified atom stereocenters. The molecule has 1 atom stereocenters. The zero-order chi connectivity index (χ0) is 32.5. The minimum absolute atomic E-state index is 0.0201. The normalized spacial score (nSPS) is 14.0. The van der Waals surface area contributed by atoms with Crippen LogP contribution in [-0.4, -0.2) is 27.7 Å². The first-order valence-corrected chi connectivity index (χ1v) is 14.0. The maximum Gasteiger partial charge on any atom is 0.395 e. The molecule has 2 aromatic carbocycles. The Morgan fingerprint density at radius 2 is 1.82 bits per heavy atom. The van der Waals surface area contributed by atoms with Crippen molar-refractivity contribution in [3.05, 3.63) is 95.5 Å². The number of benzene rings is 2. The maximum atomic E-state index is 14.8. The highest BCUT2D eigenvalue weighted by Crippen LogP contribution is 2.40. The molecule has 45 heavy (non-hydrogen) atoms. The van der Waals surface area contributed by atoms with Gasteiger partial charge in [-0.1, -0.05) is 25.6 Å². The van der Waals surface area contributed by atoms with E-state index in [0.717, 1.165) is 19.5 Å². The van der Waals surface area contributed by atoms with E-state index in [4.69, 9.17) is 0 Å². The number of fused-ring (bicyclic) bond motifs is 2. The number of nitriles is 2. The summed E-state index contributed by atoms with van der Waals surface area (Å²) in [6, 6.07) is 13.0. The van der Waals surface area contributed by atoms with E-state index in [1.165, 1.54) is 18.5 Å². The number of hydrazine groups is 2. The third-order valence-corrected chi connectivity index (χ3v) is 7.71. The van der Waals surface area contributed by atoms with Crippen LogP contribution in [0.4, 0.5) is 28.9 Å². The van der Waals surface area contributed by atoms with E-state index in [-0.39, 0.29) is 33.2 Å². The first-order valence-electron chi connectivity index (χ1n) is 14.0. The summed E-state index contributed by atoms with van der Waals surface area (Å²) in [6.07, 6.45) is 0.672. The first kappa shape index (κ1) is 31.0. The predicted molar refractivity (Wildman–Crippen MR) is 163 cm³/mol. The van der Waals surface area contributed by atoms with Crippen LogP contribution in [0.3, 0.4) is 0 Å². The van der Waals surface area contributed by atoms with Crippen LogP contribution in [0.15, 0.2) is 73.0 Å². The van der Waals surface area contributed by atoms with Crippen molar-refractivity contribution < 1.29 is 17.6 Å². The minimum Gasteiger partial charge on any atom is -0.382 e. The van der Waals surface area contributed by atoms with Crippen molar-refractivity contribution >= 4 is 33.2 Å². The Morgan fingerprint density at radius 1 is 1.07 bits per heavy atom. The molecule has 1 aliphatic heterocycles. The van der Waals surface area contributed by atoms with Gasteiger partial charge in [0.05, 0.1) is 39.5 Å². The molecule has 1 aliphatic rings. The standard InChI is InChI=1S/C32H29F4N9/c1-5-18(2)45-16-26(43-44-45)30(23-8-9-25(33)29-22(23)7-6-10-39-29)42-21-11-19(13-37)27-24(12-21)28(20(14-38)15-40-27)41-17-31(3,4)32(34,35)36/h6-12,15-16,30,42-44H,2,5,17H2,1,3-4H3,(H,40,41)/t30-/m0/s1. The number of rotatable bonds is 9. The Morgan fingerprint density at radius 3 is 2.51 bits per heavy atom. The van der Waals surface area contributed by atoms with E-state index in [9.17, 15) is 28.1 Å². The molecular formula is C32H29F4N9. The van der Waals surface area contributed by atoms with Crippen molar-refractivity contribution in [3.8, 4) is 12.1 Å². The van der Waals surface area contributed by atoms with Gasteiger partial charge in [0.25, 0.3) is 0 Å². The van der Waals surface area contributed by atoms with Crippen LogP contribution >= 0.6 is 0 Å². The highest BCUT2D eigenvalue weighted by atomic mass is 19.4. The fourth-order valence-electron chi connectivity index (χ4n) is 4.87. The van der Waals surface area contributed by atoms with Crippen molar-refractivity contribution in [2.24, 2.45) is 5.41 Å². The highest BCUT2D eigenvalue weighted by Gasteiger charge is 2.47. The van der Waals surface area contributed by atoms with Crippen LogP contribution < -0.4 is 21.6 Å². The van der Waals surface area contributed by atoms with Gasteiger partial charge < -0.3 is 16.1 Å². The predicted octanol–water partition coefficient (Wildman–Crippen LogP) is 6.91. The SMILES string of the molecule is C=C(CC)N1C=C([C@@H](Nc2cc(C#N)c3ncc(C#N)c(NCC(C)(C)C(F)(F)F)c3c2)c2ccc(F)c3ncccc23)NN1. The Kier molecular flexibility index (Phi) is 8.24. The summed E-state index contributed by atoms with van der Waals surface area (Å²) in [7, 11) is 0. The minimum atomic E-state index is -4.51. The molecule has 0 radical (unpaired) electrons. The summed E-state index contributed by atoms with van der Waals surface area (Å²) < 4.78 is 55.8. The number of hydrogen-bond acceptors (Lipinski definition) is 9. The smallest absolute Gasteiger partial charge is 0.382 e.